The highest BCUT2D eigenvalue weighted by Crippen LogP contribution is 2.17. The largest absolute Gasteiger partial charge is 0.394 e. The summed E-state index contributed by atoms with van der Waals surface area (Å²) in [5, 5.41) is 0.370. The predicted octanol–water partition coefficient (Wildman–Crippen LogP) is 2.03. The number of nitrogens with two attached hydrogens (primary N) is 1. The van der Waals surface area contributed by atoms with Gasteiger partial charge in [-0.3, -0.25) is 0 Å². The fraction of sp³-hybridized carbons (Fsp3) is 0. The maximum absolute atomic E-state index is 5.55. The SMILES string of the molecule is Nc1c(Cl)[nH]c(Cl)nc1=S. The van der Waals surface area contributed by atoms with Gasteiger partial charge in [0, 0.05) is 0 Å². The number of H-pyrrole nitrogens is 1. The zero-order chi connectivity index (χ0) is 7.72. The molecule has 1 rings (SSSR count). The molecule has 0 bridgehead atoms. The molecule has 0 fully saturated rings. The summed E-state index contributed by atoms with van der Waals surface area (Å²) < 4.78 is 0.216. The number of hydrogen-bond acceptors (Lipinski definition) is 3. The molecular formula is C4H3Cl2N3S. The highest BCUT2D eigenvalue weighted by atomic mass is 35.5. The number of aromatic nitrogens is 2. The highest BCUT2D eigenvalue weighted by Gasteiger charge is 1.99. The Morgan fingerprint density at radius 1 is 1.50 bits per heavy atom. The molecule has 0 amide bonds. The van der Waals surface area contributed by atoms with Crippen molar-refractivity contribution < 1.29 is 0 Å². The zero-order valence-corrected chi connectivity index (χ0v) is 7.02. The van der Waals surface area contributed by atoms with E-state index in [9.17, 15) is 0 Å². The third-order valence-corrected chi connectivity index (χ3v) is 1.67. The average Bonchev–Trinajstić information content (AvgIpc) is 1.82. The number of aromatic amines is 1. The Labute approximate surface area is 72.2 Å². The summed E-state index contributed by atoms with van der Waals surface area (Å²) in [4.78, 5) is 6.16. The first kappa shape index (κ1) is 7.78. The van der Waals surface area contributed by atoms with E-state index in [-0.39, 0.29) is 20.8 Å². The predicted molar refractivity (Wildman–Crippen MR) is 43.9 cm³/mol. The van der Waals surface area contributed by atoms with Gasteiger partial charge in [-0.25, -0.2) is 4.98 Å². The van der Waals surface area contributed by atoms with Crippen LogP contribution in [-0.2, 0) is 0 Å². The number of halogens is 2. The molecule has 6 heteroatoms. The standard InChI is InChI=1S/C4H3Cl2N3S/c5-2-1(7)3(10)9-4(6)8-2/h7H2,(H,8,9,10). The van der Waals surface area contributed by atoms with Crippen LogP contribution in [-0.4, -0.2) is 9.97 Å². The van der Waals surface area contributed by atoms with Crippen LogP contribution < -0.4 is 5.73 Å². The summed E-state index contributed by atoms with van der Waals surface area (Å²) in [6.45, 7) is 0. The number of rotatable bonds is 0. The van der Waals surface area contributed by atoms with Crippen molar-refractivity contribution in [1.29, 1.82) is 0 Å². The van der Waals surface area contributed by atoms with E-state index in [1.54, 1.807) is 0 Å². The topological polar surface area (TPSA) is 54.7 Å². The smallest absolute Gasteiger partial charge is 0.202 e. The summed E-state index contributed by atoms with van der Waals surface area (Å²) >= 11 is 15.7. The van der Waals surface area contributed by atoms with Crippen LogP contribution in [0.2, 0.25) is 10.4 Å². The van der Waals surface area contributed by atoms with Gasteiger partial charge in [0.25, 0.3) is 0 Å². The van der Waals surface area contributed by atoms with Gasteiger partial charge in [0.1, 0.15) is 10.8 Å². The molecule has 0 atom stereocenters. The normalized spacial score (nSPS) is 9.80. The molecule has 1 aromatic heterocycles. The van der Waals surface area contributed by atoms with Gasteiger partial charge < -0.3 is 10.7 Å². The van der Waals surface area contributed by atoms with Gasteiger partial charge >= 0.3 is 0 Å². The Hall–Kier alpha value is -0.320. The second kappa shape index (κ2) is 2.74. The maximum atomic E-state index is 5.55. The summed E-state index contributed by atoms with van der Waals surface area (Å²) in [5.74, 6) is 0. The van der Waals surface area contributed by atoms with E-state index in [1.807, 2.05) is 0 Å². The lowest BCUT2D eigenvalue weighted by Gasteiger charge is -1.96. The molecule has 1 aromatic rings. The molecule has 10 heavy (non-hydrogen) atoms. The van der Waals surface area contributed by atoms with E-state index in [1.165, 1.54) is 0 Å². The summed E-state index contributed by atoms with van der Waals surface area (Å²) in [6.07, 6.45) is 0. The lowest BCUT2D eigenvalue weighted by atomic mass is 10.6. The Morgan fingerprint density at radius 2 is 2.10 bits per heavy atom. The lowest BCUT2D eigenvalue weighted by Crippen LogP contribution is -1.93. The summed E-state index contributed by atoms with van der Waals surface area (Å²) in [7, 11) is 0. The van der Waals surface area contributed by atoms with Gasteiger partial charge in [-0.15, -0.1) is 0 Å². The molecule has 1 heterocycles. The van der Waals surface area contributed by atoms with E-state index in [4.69, 9.17) is 41.2 Å². The number of nitrogens with zero attached hydrogens (tertiary/aromatic N) is 1. The first-order valence-corrected chi connectivity index (χ1v) is 3.48. The van der Waals surface area contributed by atoms with Gasteiger partial charge in [0.15, 0.2) is 4.64 Å². The molecule has 0 aliphatic heterocycles. The van der Waals surface area contributed by atoms with Crippen LogP contribution in [0.1, 0.15) is 0 Å². The molecule has 3 N–H and O–H groups in total. The summed E-state index contributed by atoms with van der Waals surface area (Å²) in [5.41, 5.74) is 5.61. The Balaban J connectivity index is 3.46. The molecule has 0 unspecified atom stereocenters. The van der Waals surface area contributed by atoms with Crippen molar-refractivity contribution in [1.82, 2.24) is 9.97 Å². The maximum Gasteiger partial charge on any atom is 0.202 e. The molecule has 54 valence electrons. The Bertz CT molecular complexity index is 308. The monoisotopic (exact) mass is 195 g/mol. The third kappa shape index (κ3) is 1.39. The second-order valence-corrected chi connectivity index (χ2v) is 2.68. The fourth-order valence-electron chi connectivity index (χ4n) is 0.429. The molecule has 0 aliphatic carbocycles. The van der Waals surface area contributed by atoms with Crippen LogP contribution in [0.25, 0.3) is 0 Å². The number of hydrogen-bond donors (Lipinski definition) is 2. The molecule has 3 nitrogen and oxygen atoms in total. The van der Waals surface area contributed by atoms with Crippen molar-refractivity contribution in [2.75, 3.05) is 5.73 Å². The molecule has 0 aliphatic rings. The van der Waals surface area contributed by atoms with E-state index in [0.717, 1.165) is 0 Å². The number of anilines is 1. The summed E-state index contributed by atoms with van der Waals surface area (Å²) in [6, 6.07) is 0. The van der Waals surface area contributed by atoms with Crippen LogP contribution in [0.15, 0.2) is 0 Å². The molecule has 0 saturated heterocycles. The van der Waals surface area contributed by atoms with Crippen LogP contribution >= 0.6 is 35.4 Å². The first-order valence-electron chi connectivity index (χ1n) is 2.32. The van der Waals surface area contributed by atoms with Crippen molar-refractivity contribution in [2.45, 2.75) is 0 Å². The number of nitrogens with one attached hydrogen (secondary N) is 1. The van der Waals surface area contributed by atoms with E-state index in [2.05, 4.69) is 9.97 Å². The van der Waals surface area contributed by atoms with Crippen molar-refractivity contribution >= 4 is 41.1 Å². The van der Waals surface area contributed by atoms with Crippen LogP contribution in [0, 0.1) is 4.64 Å². The minimum absolute atomic E-state index is 0.143. The first-order chi connectivity index (χ1) is 4.61. The minimum Gasteiger partial charge on any atom is -0.394 e. The average molecular weight is 196 g/mol. The van der Waals surface area contributed by atoms with Crippen molar-refractivity contribution in [3.05, 3.63) is 15.1 Å². The highest BCUT2D eigenvalue weighted by molar-refractivity contribution is 7.71. The van der Waals surface area contributed by atoms with E-state index >= 15 is 0 Å². The van der Waals surface area contributed by atoms with E-state index in [0.29, 0.717) is 0 Å². The van der Waals surface area contributed by atoms with Crippen molar-refractivity contribution in [3.8, 4) is 0 Å². The second-order valence-electron chi connectivity index (χ2n) is 1.56. The van der Waals surface area contributed by atoms with Gasteiger partial charge in [-0.05, 0) is 11.6 Å². The Kier molecular flexibility index (Phi) is 2.13. The van der Waals surface area contributed by atoms with Crippen LogP contribution in [0.4, 0.5) is 5.69 Å². The van der Waals surface area contributed by atoms with E-state index < -0.39 is 0 Å². The molecule has 0 radical (unpaired) electrons. The fourth-order valence-corrected chi connectivity index (χ4v) is 1.13. The number of nitrogen functional groups attached to an aromatic ring is 1. The molecule has 0 saturated carbocycles. The molecular weight excluding hydrogens is 193 g/mol. The van der Waals surface area contributed by atoms with Gasteiger partial charge in [0.05, 0.1) is 0 Å². The van der Waals surface area contributed by atoms with Crippen LogP contribution in [0.5, 0.6) is 0 Å². The van der Waals surface area contributed by atoms with Crippen LogP contribution in [0.3, 0.4) is 0 Å². The van der Waals surface area contributed by atoms with Gasteiger partial charge in [0.2, 0.25) is 5.28 Å². The van der Waals surface area contributed by atoms with Crippen molar-refractivity contribution in [3.63, 3.8) is 0 Å². The van der Waals surface area contributed by atoms with Crippen molar-refractivity contribution in [2.24, 2.45) is 0 Å². The quantitative estimate of drug-likeness (QED) is 0.379. The molecule has 0 spiro atoms. The van der Waals surface area contributed by atoms with Gasteiger partial charge in [-0.1, -0.05) is 23.8 Å². The minimum atomic E-state index is 0.143. The zero-order valence-electron chi connectivity index (χ0n) is 4.69. The van der Waals surface area contributed by atoms with Gasteiger partial charge in [-0.2, -0.15) is 0 Å². The Morgan fingerprint density at radius 3 is 2.60 bits per heavy atom. The lowest BCUT2D eigenvalue weighted by molar-refractivity contribution is 1.16. The third-order valence-electron chi connectivity index (χ3n) is 0.879. The molecule has 0 aromatic carbocycles.